The number of fused-ring (bicyclic) bond motifs is 1. The van der Waals surface area contributed by atoms with E-state index in [1.807, 2.05) is 38.4 Å². The normalized spacial score (nSPS) is 10.5. The SMILES string of the molecule is CN(C)C(=N)Cc1nc2ccccc2[nH]1. The highest BCUT2D eigenvalue weighted by atomic mass is 15.1. The van der Waals surface area contributed by atoms with Crippen LogP contribution in [0.2, 0.25) is 0 Å². The molecule has 0 spiro atoms. The van der Waals surface area contributed by atoms with Crippen molar-refractivity contribution in [3.05, 3.63) is 30.1 Å². The number of amidine groups is 1. The molecule has 1 heterocycles. The number of H-pyrrole nitrogens is 1. The number of para-hydroxylation sites is 2. The zero-order valence-electron chi connectivity index (χ0n) is 8.91. The van der Waals surface area contributed by atoms with Crippen molar-refractivity contribution in [1.82, 2.24) is 14.9 Å². The molecule has 15 heavy (non-hydrogen) atoms. The monoisotopic (exact) mass is 202 g/mol. The van der Waals surface area contributed by atoms with Crippen molar-refractivity contribution in [3.8, 4) is 0 Å². The first-order valence-corrected chi connectivity index (χ1v) is 4.85. The highest BCUT2D eigenvalue weighted by Crippen LogP contribution is 2.10. The number of hydrogen-bond donors (Lipinski definition) is 2. The van der Waals surface area contributed by atoms with Crippen molar-refractivity contribution < 1.29 is 0 Å². The van der Waals surface area contributed by atoms with Crippen LogP contribution in [0.1, 0.15) is 5.82 Å². The van der Waals surface area contributed by atoms with Crippen LogP contribution in [0.5, 0.6) is 0 Å². The molecule has 0 aliphatic carbocycles. The Morgan fingerprint density at radius 2 is 2.13 bits per heavy atom. The van der Waals surface area contributed by atoms with Crippen LogP contribution in [-0.2, 0) is 6.42 Å². The first kappa shape index (κ1) is 9.71. The van der Waals surface area contributed by atoms with Crippen molar-refractivity contribution in [2.24, 2.45) is 0 Å². The van der Waals surface area contributed by atoms with Crippen LogP contribution in [-0.4, -0.2) is 34.8 Å². The molecule has 0 aliphatic rings. The first-order valence-electron chi connectivity index (χ1n) is 4.85. The number of aromatic amines is 1. The van der Waals surface area contributed by atoms with E-state index in [4.69, 9.17) is 5.41 Å². The number of rotatable bonds is 2. The van der Waals surface area contributed by atoms with E-state index in [9.17, 15) is 0 Å². The molecule has 1 aromatic carbocycles. The Kier molecular flexibility index (Phi) is 2.41. The summed E-state index contributed by atoms with van der Waals surface area (Å²) in [5.74, 6) is 1.39. The minimum atomic E-state index is 0.543. The minimum absolute atomic E-state index is 0.543. The fraction of sp³-hybridized carbons (Fsp3) is 0.273. The Morgan fingerprint density at radius 1 is 1.40 bits per heavy atom. The Balaban J connectivity index is 2.26. The maximum atomic E-state index is 7.72. The van der Waals surface area contributed by atoms with Gasteiger partial charge >= 0.3 is 0 Å². The van der Waals surface area contributed by atoms with E-state index in [2.05, 4.69) is 9.97 Å². The molecular formula is C11H14N4. The first-order chi connectivity index (χ1) is 7.16. The fourth-order valence-electron chi connectivity index (χ4n) is 1.41. The molecule has 78 valence electrons. The highest BCUT2D eigenvalue weighted by Gasteiger charge is 2.05. The van der Waals surface area contributed by atoms with Crippen LogP contribution < -0.4 is 0 Å². The molecule has 0 fully saturated rings. The number of aromatic nitrogens is 2. The zero-order valence-corrected chi connectivity index (χ0v) is 8.91. The Labute approximate surface area is 88.4 Å². The number of nitrogens with one attached hydrogen (secondary N) is 2. The molecule has 2 rings (SSSR count). The van der Waals surface area contributed by atoms with Crippen LogP contribution in [0.25, 0.3) is 11.0 Å². The van der Waals surface area contributed by atoms with Gasteiger partial charge < -0.3 is 9.88 Å². The van der Waals surface area contributed by atoms with Crippen LogP contribution in [0.15, 0.2) is 24.3 Å². The third-order valence-electron chi connectivity index (χ3n) is 2.31. The average molecular weight is 202 g/mol. The number of imidazole rings is 1. The summed E-state index contributed by atoms with van der Waals surface area (Å²) >= 11 is 0. The lowest BCUT2D eigenvalue weighted by Gasteiger charge is -2.11. The summed E-state index contributed by atoms with van der Waals surface area (Å²) < 4.78 is 0. The van der Waals surface area contributed by atoms with Gasteiger partial charge in [0.25, 0.3) is 0 Å². The number of likely N-dealkylation sites (N-methyl/N-ethyl adjacent to an activating group) is 1. The maximum Gasteiger partial charge on any atom is 0.114 e. The molecule has 0 amide bonds. The molecule has 0 unspecified atom stereocenters. The summed E-state index contributed by atoms with van der Waals surface area (Å²) in [6.45, 7) is 0. The quantitative estimate of drug-likeness (QED) is 0.574. The van der Waals surface area contributed by atoms with E-state index in [1.165, 1.54) is 0 Å². The predicted octanol–water partition coefficient (Wildman–Crippen LogP) is 1.64. The van der Waals surface area contributed by atoms with E-state index in [1.54, 1.807) is 4.90 Å². The molecule has 0 aliphatic heterocycles. The van der Waals surface area contributed by atoms with Gasteiger partial charge in [0, 0.05) is 14.1 Å². The van der Waals surface area contributed by atoms with E-state index in [0.717, 1.165) is 16.9 Å². The van der Waals surface area contributed by atoms with Gasteiger partial charge in [-0.25, -0.2) is 4.98 Å². The zero-order chi connectivity index (χ0) is 10.8. The summed E-state index contributed by atoms with van der Waals surface area (Å²) in [5, 5.41) is 7.72. The third kappa shape index (κ3) is 1.98. The lowest BCUT2D eigenvalue weighted by atomic mass is 10.3. The van der Waals surface area contributed by atoms with Crippen molar-refractivity contribution in [2.45, 2.75) is 6.42 Å². The van der Waals surface area contributed by atoms with Gasteiger partial charge in [0.2, 0.25) is 0 Å². The summed E-state index contributed by atoms with van der Waals surface area (Å²) in [6.07, 6.45) is 0.543. The maximum absolute atomic E-state index is 7.72. The fourth-order valence-corrected chi connectivity index (χ4v) is 1.41. The molecule has 0 saturated heterocycles. The summed E-state index contributed by atoms with van der Waals surface area (Å²) in [6, 6.07) is 7.89. The molecule has 0 radical (unpaired) electrons. The molecule has 2 aromatic rings. The van der Waals surface area contributed by atoms with Gasteiger partial charge in [-0.2, -0.15) is 0 Å². The molecule has 0 saturated carbocycles. The van der Waals surface area contributed by atoms with E-state index < -0.39 is 0 Å². The second-order valence-electron chi connectivity index (χ2n) is 3.72. The molecule has 4 heteroatoms. The largest absolute Gasteiger partial charge is 0.366 e. The molecule has 0 atom stereocenters. The van der Waals surface area contributed by atoms with Crippen LogP contribution in [0.4, 0.5) is 0 Å². The molecule has 2 N–H and O–H groups in total. The van der Waals surface area contributed by atoms with Crippen LogP contribution >= 0.6 is 0 Å². The predicted molar refractivity (Wildman–Crippen MR) is 61.2 cm³/mol. The highest BCUT2D eigenvalue weighted by molar-refractivity contribution is 5.82. The second-order valence-corrected chi connectivity index (χ2v) is 3.72. The standard InChI is InChI=1S/C11H14N4/c1-15(2)10(12)7-11-13-8-5-3-4-6-9(8)14-11/h3-6,12H,7H2,1-2H3,(H,13,14). The van der Waals surface area contributed by atoms with Crippen molar-refractivity contribution in [1.29, 1.82) is 5.41 Å². The smallest absolute Gasteiger partial charge is 0.114 e. The average Bonchev–Trinajstić information content (AvgIpc) is 2.59. The molecule has 1 aromatic heterocycles. The van der Waals surface area contributed by atoms with E-state index in [0.29, 0.717) is 12.3 Å². The van der Waals surface area contributed by atoms with Gasteiger partial charge in [-0.1, -0.05) is 12.1 Å². The van der Waals surface area contributed by atoms with Gasteiger partial charge in [0.15, 0.2) is 0 Å². The van der Waals surface area contributed by atoms with E-state index in [-0.39, 0.29) is 0 Å². The minimum Gasteiger partial charge on any atom is -0.366 e. The third-order valence-corrected chi connectivity index (χ3v) is 2.31. The van der Waals surface area contributed by atoms with Gasteiger partial charge in [-0.3, -0.25) is 5.41 Å². The van der Waals surface area contributed by atoms with Crippen LogP contribution in [0, 0.1) is 5.41 Å². The van der Waals surface area contributed by atoms with Crippen molar-refractivity contribution in [2.75, 3.05) is 14.1 Å². The summed E-state index contributed by atoms with van der Waals surface area (Å²) in [4.78, 5) is 9.40. The molecular weight excluding hydrogens is 188 g/mol. The van der Waals surface area contributed by atoms with E-state index >= 15 is 0 Å². The summed E-state index contributed by atoms with van der Waals surface area (Å²) in [5.41, 5.74) is 1.98. The second kappa shape index (κ2) is 3.73. The number of hydrogen-bond acceptors (Lipinski definition) is 2. The topological polar surface area (TPSA) is 55.8 Å². The molecule has 0 bridgehead atoms. The summed E-state index contributed by atoms with van der Waals surface area (Å²) in [7, 11) is 3.73. The van der Waals surface area contributed by atoms with Gasteiger partial charge in [0.1, 0.15) is 11.7 Å². The van der Waals surface area contributed by atoms with Gasteiger partial charge in [-0.15, -0.1) is 0 Å². The molecule has 4 nitrogen and oxygen atoms in total. The van der Waals surface area contributed by atoms with Crippen LogP contribution in [0.3, 0.4) is 0 Å². The Morgan fingerprint density at radius 3 is 2.80 bits per heavy atom. The Hall–Kier alpha value is -1.84. The lowest BCUT2D eigenvalue weighted by Crippen LogP contribution is -2.23. The van der Waals surface area contributed by atoms with Crippen molar-refractivity contribution in [3.63, 3.8) is 0 Å². The van der Waals surface area contributed by atoms with Gasteiger partial charge in [-0.05, 0) is 12.1 Å². The Bertz CT molecular complexity index is 451. The van der Waals surface area contributed by atoms with Crippen molar-refractivity contribution >= 4 is 16.9 Å². The van der Waals surface area contributed by atoms with Gasteiger partial charge in [0.05, 0.1) is 17.5 Å². The number of benzene rings is 1. The lowest BCUT2D eigenvalue weighted by molar-refractivity contribution is 0.602. The number of nitrogens with zero attached hydrogens (tertiary/aromatic N) is 2.